The molecule has 3 heterocycles. The maximum atomic E-state index is 13.1. The van der Waals surface area contributed by atoms with Crippen molar-refractivity contribution in [1.82, 2.24) is 4.90 Å². The number of ketones is 1. The Bertz CT molecular complexity index is 1020. The van der Waals surface area contributed by atoms with Crippen molar-refractivity contribution in [3.63, 3.8) is 0 Å². The van der Waals surface area contributed by atoms with E-state index in [1.54, 1.807) is 28.4 Å². The lowest BCUT2D eigenvalue weighted by Gasteiger charge is -2.26. The van der Waals surface area contributed by atoms with Crippen molar-refractivity contribution >= 4 is 34.4 Å². The molecule has 1 N–H and O–H groups in total. The van der Waals surface area contributed by atoms with Crippen molar-refractivity contribution in [2.45, 2.75) is 19.5 Å². The van der Waals surface area contributed by atoms with E-state index in [0.29, 0.717) is 11.4 Å². The van der Waals surface area contributed by atoms with E-state index in [4.69, 9.17) is 0 Å². The standard InChI is InChI=1S/C21H17NO3S2/c1-13-5-2-6-14(11-13)18-17(19(23)16-8-4-10-27-16)20(24)21(25)22(18)12-15-7-3-9-26-15/h2-11,18,24H,12H2,1H3. The van der Waals surface area contributed by atoms with Gasteiger partial charge in [-0.1, -0.05) is 42.0 Å². The molecule has 1 atom stereocenters. The average molecular weight is 396 g/mol. The summed E-state index contributed by atoms with van der Waals surface area (Å²) in [6.45, 7) is 2.31. The van der Waals surface area contributed by atoms with Crippen molar-refractivity contribution in [1.29, 1.82) is 0 Å². The zero-order valence-electron chi connectivity index (χ0n) is 14.6. The fourth-order valence-corrected chi connectivity index (χ4v) is 4.73. The van der Waals surface area contributed by atoms with E-state index >= 15 is 0 Å². The van der Waals surface area contributed by atoms with Crippen LogP contribution in [0, 0.1) is 6.92 Å². The molecule has 1 aliphatic rings. The van der Waals surface area contributed by atoms with Crippen LogP contribution in [0.2, 0.25) is 0 Å². The van der Waals surface area contributed by atoms with Crippen LogP contribution in [0.25, 0.3) is 0 Å². The molecule has 1 aromatic carbocycles. The predicted octanol–water partition coefficient (Wildman–Crippen LogP) is 4.90. The van der Waals surface area contributed by atoms with E-state index in [-0.39, 0.29) is 11.4 Å². The average Bonchev–Trinajstić information content (AvgIpc) is 3.40. The number of hydrogen-bond acceptors (Lipinski definition) is 5. The molecule has 136 valence electrons. The van der Waals surface area contributed by atoms with Crippen LogP contribution in [0.1, 0.15) is 31.7 Å². The van der Waals surface area contributed by atoms with Crippen LogP contribution in [0.4, 0.5) is 0 Å². The SMILES string of the molecule is Cc1cccc(C2C(C(=O)c3cccs3)=C(O)C(=O)N2Cc2cccs2)c1. The third-order valence-corrected chi connectivity index (χ3v) is 6.29. The van der Waals surface area contributed by atoms with Gasteiger partial charge in [0.25, 0.3) is 5.91 Å². The van der Waals surface area contributed by atoms with Gasteiger partial charge in [-0.2, -0.15) is 0 Å². The van der Waals surface area contributed by atoms with Crippen LogP contribution in [0.15, 0.2) is 70.6 Å². The van der Waals surface area contributed by atoms with Crippen LogP contribution >= 0.6 is 22.7 Å². The number of thiophene rings is 2. The summed E-state index contributed by atoms with van der Waals surface area (Å²) >= 11 is 2.85. The van der Waals surface area contributed by atoms with Gasteiger partial charge in [0.15, 0.2) is 5.76 Å². The number of aliphatic hydroxyl groups excluding tert-OH is 1. The number of carbonyl (C=O) groups excluding carboxylic acids is 2. The quantitative estimate of drug-likeness (QED) is 0.626. The number of nitrogens with zero attached hydrogens (tertiary/aromatic N) is 1. The largest absolute Gasteiger partial charge is 0.503 e. The topological polar surface area (TPSA) is 57.6 Å². The van der Waals surface area contributed by atoms with Gasteiger partial charge in [-0.25, -0.2) is 0 Å². The monoisotopic (exact) mass is 395 g/mol. The first-order chi connectivity index (χ1) is 13.1. The Balaban J connectivity index is 1.81. The maximum absolute atomic E-state index is 13.1. The lowest BCUT2D eigenvalue weighted by atomic mass is 9.94. The molecule has 4 nitrogen and oxygen atoms in total. The van der Waals surface area contributed by atoms with Crippen LogP contribution in [-0.4, -0.2) is 21.7 Å². The molecule has 3 aromatic rings. The molecule has 0 fully saturated rings. The summed E-state index contributed by atoms with van der Waals surface area (Å²) < 4.78 is 0. The van der Waals surface area contributed by atoms with Crippen molar-refractivity contribution < 1.29 is 14.7 Å². The van der Waals surface area contributed by atoms with E-state index in [1.807, 2.05) is 54.1 Å². The molecule has 2 aromatic heterocycles. The van der Waals surface area contributed by atoms with Gasteiger partial charge in [-0.05, 0) is 35.4 Å². The zero-order chi connectivity index (χ0) is 19.0. The predicted molar refractivity (Wildman–Crippen MR) is 107 cm³/mol. The van der Waals surface area contributed by atoms with E-state index in [2.05, 4.69) is 0 Å². The van der Waals surface area contributed by atoms with Gasteiger partial charge in [-0.3, -0.25) is 9.59 Å². The molecule has 1 unspecified atom stereocenters. The van der Waals surface area contributed by atoms with Crippen LogP contribution in [-0.2, 0) is 11.3 Å². The van der Waals surface area contributed by atoms with E-state index in [0.717, 1.165) is 16.0 Å². The molecule has 27 heavy (non-hydrogen) atoms. The van der Waals surface area contributed by atoms with Gasteiger partial charge in [0, 0.05) is 4.88 Å². The van der Waals surface area contributed by atoms with Crippen LogP contribution in [0.5, 0.6) is 0 Å². The van der Waals surface area contributed by atoms with Gasteiger partial charge >= 0.3 is 0 Å². The third-order valence-electron chi connectivity index (χ3n) is 4.56. The number of Topliss-reactive ketones (excluding diaryl/α,β-unsaturated/α-hetero) is 1. The highest BCUT2D eigenvalue weighted by molar-refractivity contribution is 7.12. The number of amides is 1. The first kappa shape index (κ1) is 17.7. The van der Waals surface area contributed by atoms with Crippen molar-refractivity contribution in [2.75, 3.05) is 0 Å². The summed E-state index contributed by atoms with van der Waals surface area (Å²) in [6, 6.07) is 14.5. The van der Waals surface area contributed by atoms with Crippen molar-refractivity contribution in [2.24, 2.45) is 0 Å². The minimum absolute atomic E-state index is 0.157. The first-order valence-corrected chi connectivity index (χ1v) is 10.2. The molecule has 6 heteroatoms. The number of aliphatic hydroxyl groups is 1. The van der Waals surface area contributed by atoms with E-state index in [9.17, 15) is 14.7 Å². The van der Waals surface area contributed by atoms with Crippen molar-refractivity contribution in [3.05, 3.63) is 91.5 Å². The summed E-state index contributed by atoms with van der Waals surface area (Å²) in [5.74, 6) is -1.25. The second kappa shape index (κ2) is 7.13. The first-order valence-electron chi connectivity index (χ1n) is 8.47. The highest BCUT2D eigenvalue weighted by Crippen LogP contribution is 2.40. The molecular formula is C21H17NO3S2. The van der Waals surface area contributed by atoms with Gasteiger partial charge in [-0.15, -0.1) is 22.7 Å². The Morgan fingerprint density at radius 3 is 2.56 bits per heavy atom. The molecule has 0 aliphatic carbocycles. The minimum Gasteiger partial charge on any atom is -0.503 e. The number of hydrogen-bond donors (Lipinski definition) is 1. The molecule has 0 saturated heterocycles. The summed E-state index contributed by atoms with van der Waals surface area (Å²) in [5, 5.41) is 14.4. The molecule has 4 rings (SSSR count). The molecular weight excluding hydrogens is 378 g/mol. The van der Waals surface area contributed by atoms with Gasteiger partial charge in [0.2, 0.25) is 5.78 Å². The summed E-state index contributed by atoms with van der Waals surface area (Å²) in [6.07, 6.45) is 0. The summed E-state index contributed by atoms with van der Waals surface area (Å²) in [4.78, 5) is 29.0. The maximum Gasteiger partial charge on any atom is 0.290 e. The zero-order valence-corrected chi connectivity index (χ0v) is 16.2. The van der Waals surface area contributed by atoms with Crippen LogP contribution < -0.4 is 0 Å². The minimum atomic E-state index is -0.603. The second-order valence-electron chi connectivity index (χ2n) is 6.40. The highest BCUT2D eigenvalue weighted by atomic mass is 32.1. The summed E-state index contributed by atoms with van der Waals surface area (Å²) in [5.41, 5.74) is 2.01. The fourth-order valence-electron chi connectivity index (χ4n) is 3.35. The smallest absolute Gasteiger partial charge is 0.290 e. The Labute approximate surface area is 165 Å². The molecule has 1 amide bonds. The van der Waals surface area contributed by atoms with Gasteiger partial charge in [0.1, 0.15) is 0 Å². The third kappa shape index (κ3) is 3.22. The van der Waals surface area contributed by atoms with Crippen LogP contribution in [0.3, 0.4) is 0 Å². The van der Waals surface area contributed by atoms with Gasteiger partial charge in [0.05, 0.1) is 23.0 Å². The fraction of sp³-hybridized carbons (Fsp3) is 0.143. The molecule has 0 spiro atoms. The Morgan fingerprint density at radius 1 is 1.11 bits per heavy atom. The van der Waals surface area contributed by atoms with Gasteiger partial charge < -0.3 is 10.0 Å². The Morgan fingerprint density at radius 2 is 1.89 bits per heavy atom. The molecule has 0 saturated carbocycles. The number of carbonyl (C=O) groups is 2. The molecule has 0 bridgehead atoms. The van der Waals surface area contributed by atoms with Crippen molar-refractivity contribution in [3.8, 4) is 0 Å². The lowest BCUT2D eigenvalue weighted by Crippen LogP contribution is -2.30. The number of rotatable bonds is 5. The number of benzene rings is 1. The molecule has 1 aliphatic heterocycles. The normalized spacial score (nSPS) is 17.0. The summed E-state index contributed by atoms with van der Waals surface area (Å²) in [7, 11) is 0. The Hall–Kier alpha value is -2.70. The van der Waals surface area contributed by atoms with E-state index < -0.39 is 17.7 Å². The lowest BCUT2D eigenvalue weighted by molar-refractivity contribution is -0.130. The second-order valence-corrected chi connectivity index (χ2v) is 8.38. The Kier molecular flexibility index (Phi) is 4.68. The highest BCUT2D eigenvalue weighted by Gasteiger charge is 2.44. The molecule has 0 radical (unpaired) electrons. The van der Waals surface area contributed by atoms with E-state index in [1.165, 1.54) is 11.3 Å². The number of aryl methyl sites for hydroxylation is 1.